The first-order valence-electron chi connectivity index (χ1n) is 14.1. The van der Waals surface area contributed by atoms with Gasteiger partial charge < -0.3 is 10.0 Å². The van der Waals surface area contributed by atoms with Gasteiger partial charge in [-0.25, -0.2) is 14.5 Å². The molecule has 1 aliphatic carbocycles. The molecule has 0 aromatic carbocycles. The molecule has 4 heterocycles. The van der Waals surface area contributed by atoms with Crippen molar-refractivity contribution in [2.24, 2.45) is 11.8 Å². The Morgan fingerprint density at radius 2 is 1.86 bits per heavy atom. The molecule has 1 aliphatic heterocycles. The molecule has 7 heteroatoms. The predicted octanol–water partition coefficient (Wildman–Crippen LogP) is 5.56. The normalized spacial score (nSPS) is 23.5. The van der Waals surface area contributed by atoms with Crippen molar-refractivity contribution in [1.82, 2.24) is 24.6 Å². The van der Waals surface area contributed by atoms with Crippen LogP contribution in [0.5, 0.6) is 0 Å². The van der Waals surface area contributed by atoms with Crippen molar-refractivity contribution in [2.45, 2.75) is 97.5 Å². The molecule has 0 spiro atoms. The summed E-state index contributed by atoms with van der Waals surface area (Å²) in [6, 6.07) is 4.37. The fourth-order valence-electron chi connectivity index (χ4n) is 6.14. The van der Waals surface area contributed by atoms with Gasteiger partial charge in [0.2, 0.25) is 0 Å². The number of nitrogens with zero attached hydrogens (tertiary/aromatic N) is 6. The van der Waals surface area contributed by atoms with Gasteiger partial charge in [0.25, 0.3) is 0 Å². The summed E-state index contributed by atoms with van der Waals surface area (Å²) in [6.07, 6.45) is 12.4. The van der Waals surface area contributed by atoms with E-state index in [0.29, 0.717) is 11.8 Å². The quantitative estimate of drug-likeness (QED) is 0.445. The van der Waals surface area contributed by atoms with Crippen LogP contribution in [-0.2, 0) is 12.8 Å². The predicted molar refractivity (Wildman–Crippen MR) is 144 cm³/mol. The first-order chi connectivity index (χ1) is 17.4. The molecular formula is C29H42N6O. The molecule has 0 amide bonds. The first-order valence-corrected chi connectivity index (χ1v) is 14.1. The van der Waals surface area contributed by atoms with Crippen molar-refractivity contribution in [1.29, 1.82) is 0 Å². The Balaban J connectivity index is 1.52. The van der Waals surface area contributed by atoms with E-state index in [1.165, 1.54) is 18.5 Å². The maximum atomic E-state index is 10.5. The number of aliphatic hydroxyl groups is 1. The maximum absolute atomic E-state index is 10.5. The van der Waals surface area contributed by atoms with Crippen LogP contribution in [0.15, 0.2) is 18.3 Å². The summed E-state index contributed by atoms with van der Waals surface area (Å²) in [5.41, 5.74) is 5.26. The molecule has 1 atom stereocenters. The fraction of sp³-hybridized carbons (Fsp3) is 0.655. The van der Waals surface area contributed by atoms with Crippen LogP contribution >= 0.6 is 0 Å². The van der Waals surface area contributed by atoms with Crippen molar-refractivity contribution in [2.75, 3.05) is 18.0 Å². The molecule has 1 unspecified atom stereocenters. The third-order valence-electron chi connectivity index (χ3n) is 8.44. The van der Waals surface area contributed by atoms with Gasteiger partial charge in [-0.1, -0.05) is 26.7 Å². The Morgan fingerprint density at radius 3 is 2.56 bits per heavy atom. The average Bonchev–Trinajstić information content (AvgIpc) is 3.54. The Morgan fingerprint density at radius 1 is 1.11 bits per heavy atom. The second-order valence-corrected chi connectivity index (χ2v) is 11.4. The zero-order chi connectivity index (χ0) is 25.3. The van der Waals surface area contributed by atoms with E-state index in [0.717, 1.165) is 98.7 Å². The number of rotatable bonds is 8. The molecule has 0 radical (unpaired) electrons. The Kier molecular flexibility index (Phi) is 7.29. The smallest absolute Gasteiger partial charge is 0.158 e. The molecule has 36 heavy (non-hydrogen) atoms. The molecule has 194 valence electrons. The molecule has 7 nitrogen and oxygen atoms in total. The number of aromatic nitrogens is 5. The Bertz CT molecular complexity index is 1190. The van der Waals surface area contributed by atoms with Crippen molar-refractivity contribution in [3.8, 4) is 11.4 Å². The molecule has 3 aromatic heterocycles. The number of fused-ring (bicyclic) bond motifs is 1. The van der Waals surface area contributed by atoms with Crippen LogP contribution in [0, 0.1) is 18.8 Å². The lowest BCUT2D eigenvalue weighted by Gasteiger charge is -2.37. The summed E-state index contributed by atoms with van der Waals surface area (Å²) in [5.74, 6) is 2.29. The van der Waals surface area contributed by atoms with Crippen LogP contribution in [-0.4, -0.2) is 48.4 Å². The minimum Gasteiger partial charge on any atom is -0.390 e. The van der Waals surface area contributed by atoms with E-state index >= 15 is 0 Å². The van der Waals surface area contributed by atoms with E-state index in [2.05, 4.69) is 40.4 Å². The molecule has 1 saturated heterocycles. The summed E-state index contributed by atoms with van der Waals surface area (Å²) < 4.78 is 2.06. The van der Waals surface area contributed by atoms with Crippen molar-refractivity contribution < 1.29 is 5.11 Å². The summed E-state index contributed by atoms with van der Waals surface area (Å²) in [6.45, 7) is 10.6. The maximum Gasteiger partial charge on any atom is 0.158 e. The monoisotopic (exact) mass is 490 g/mol. The summed E-state index contributed by atoms with van der Waals surface area (Å²) in [4.78, 5) is 17.0. The van der Waals surface area contributed by atoms with Gasteiger partial charge in [-0.15, -0.1) is 0 Å². The van der Waals surface area contributed by atoms with Gasteiger partial charge in [-0.05, 0) is 77.0 Å². The Labute approximate surface area is 215 Å². The second-order valence-electron chi connectivity index (χ2n) is 11.4. The van der Waals surface area contributed by atoms with E-state index in [-0.39, 0.29) is 0 Å². The van der Waals surface area contributed by atoms with E-state index < -0.39 is 5.60 Å². The number of hydrogen-bond acceptors (Lipinski definition) is 6. The van der Waals surface area contributed by atoms with Gasteiger partial charge in [-0.2, -0.15) is 5.10 Å². The number of hydrogen-bond donors (Lipinski definition) is 1. The van der Waals surface area contributed by atoms with Gasteiger partial charge in [-0.3, -0.25) is 4.98 Å². The molecule has 1 N–H and O–H groups in total. The van der Waals surface area contributed by atoms with Gasteiger partial charge >= 0.3 is 0 Å². The largest absolute Gasteiger partial charge is 0.390 e. The van der Waals surface area contributed by atoms with Gasteiger partial charge in [0.05, 0.1) is 17.0 Å². The van der Waals surface area contributed by atoms with E-state index in [1.54, 1.807) is 0 Å². The molecule has 2 fully saturated rings. The van der Waals surface area contributed by atoms with Crippen molar-refractivity contribution >= 4 is 11.5 Å². The average molecular weight is 491 g/mol. The standard InChI is InChI=1S/C29H42N6O/c1-5-9-23-19-30-20(3)28(31-23)25-18-27-32-26(34-14-7-8-15-34)17-24(35(27)33-25)16-21(6-2)22-10-12-29(4,36)13-11-22/h17-19,21-22,36H,5-16H2,1-4H3. The molecular weight excluding hydrogens is 448 g/mol. The minimum atomic E-state index is -0.496. The van der Waals surface area contributed by atoms with E-state index in [1.807, 2.05) is 20.0 Å². The SMILES string of the molecule is CCCc1cnc(C)c(-c2cc3nc(N4CCCC4)cc(CC(CC)C4CCC(C)(O)CC4)n3n2)n1. The highest BCUT2D eigenvalue weighted by Gasteiger charge is 2.32. The number of aryl methyl sites for hydroxylation is 2. The highest BCUT2D eigenvalue weighted by molar-refractivity contribution is 5.64. The zero-order valence-corrected chi connectivity index (χ0v) is 22.5. The molecule has 5 rings (SSSR count). The topological polar surface area (TPSA) is 79.4 Å². The lowest BCUT2D eigenvalue weighted by molar-refractivity contribution is -0.00144. The Hall–Kier alpha value is -2.54. The summed E-state index contributed by atoms with van der Waals surface area (Å²) in [7, 11) is 0. The van der Waals surface area contributed by atoms with Gasteiger partial charge in [0.15, 0.2) is 5.65 Å². The van der Waals surface area contributed by atoms with Crippen molar-refractivity contribution in [3.05, 3.63) is 35.4 Å². The van der Waals surface area contributed by atoms with Crippen LogP contribution < -0.4 is 4.90 Å². The van der Waals surface area contributed by atoms with Crippen LogP contribution in [0.4, 0.5) is 5.82 Å². The molecule has 0 bridgehead atoms. The van der Waals surface area contributed by atoms with E-state index in [9.17, 15) is 5.11 Å². The second kappa shape index (κ2) is 10.4. The first kappa shape index (κ1) is 25.1. The fourth-order valence-corrected chi connectivity index (χ4v) is 6.14. The number of anilines is 1. The summed E-state index contributed by atoms with van der Waals surface area (Å²) in [5, 5.41) is 15.5. The third kappa shape index (κ3) is 5.26. The van der Waals surface area contributed by atoms with Crippen LogP contribution in [0.25, 0.3) is 17.0 Å². The lowest BCUT2D eigenvalue weighted by atomic mass is 9.72. The lowest BCUT2D eigenvalue weighted by Crippen LogP contribution is -2.33. The highest BCUT2D eigenvalue weighted by atomic mass is 16.3. The van der Waals surface area contributed by atoms with Gasteiger partial charge in [0.1, 0.15) is 17.2 Å². The molecule has 2 aliphatic rings. The highest BCUT2D eigenvalue weighted by Crippen LogP contribution is 2.38. The third-order valence-corrected chi connectivity index (χ3v) is 8.44. The van der Waals surface area contributed by atoms with Gasteiger partial charge in [0, 0.05) is 37.1 Å². The van der Waals surface area contributed by atoms with Crippen molar-refractivity contribution in [3.63, 3.8) is 0 Å². The zero-order valence-electron chi connectivity index (χ0n) is 22.5. The van der Waals surface area contributed by atoms with E-state index in [4.69, 9.17) is 15.1 Å². The van der Waals surface area contributed by atoms with Crippen LogP contribution in [0.3, 0.4) is 0 Å². The molecule has 1 saturated carbocycles. The minimum absolute atomic E-state index is 0.496. The van der Waals surface area contributed by atoms with Crippen LogP contribution in [0.1, 0.15) is 89.2 Å². The van der Waals surface area contributed by atoms with Crippen LogP contribution in [0.2, 0.25) is 0 Å². The molecule has 3 aromatic rings. The summed E-state index contributed by atoms with van der Waals surface area (Å²) >= 11 is 0.